The maximum atomic E-state index is 12.7. The summed E-state index contributed by atoms with van der Waals surface area (Å²) in [4.78, 5) is 28.6. The first-order valence-corrected chi connectivity index (χ1v) is 8.89. The third-order valence-electron chi connectivity index (χ3n) is 4.24. The highest BCUT2D eigenvalue weighted by Crippen LogP contribution is 2.36. The number of ether oxygens (including phenoxy) is 2. The Labute approximate surface area is 152 Å². The van der Waals surface area contributed by atoms with Crippen molar-refractivity contribution in [3.05, 3.63) is 45.2 Å². The van der Waals surface area contributed by atoms with Crippen LogP contribution in [-0.4, -0.2) is 34.2 Å². The summed E-state index contributed by atoms with van der Waals surface area (Å²) in [5.74, 6) is 1.34. The maximum Gasteiger partial charge on any atom is 0.295 e. The molecule has 0 saturated heterocycles. The fourth-order valence-electron chi connectivity index (χ4n) is 2.88. The van der Waals surface area contributed by atoms with Gasteiger partial charge < -0.3 is 14.8 Å². The van der Waals surface area contributed by atoms with E-state index in [0.717, 1.165) is 5.56 Å². The van der Waals surface area contributed by atoms with Gasteiger partial charge in [0.1, 0.15) is 18.1 Å². The zero-order chi connectivity index (χ0) is 18.3. The molecule has 1 unspecified atom stereocenters. The number of nitrogens with zero attached hydrogens (tertiary/aromatic N) is 3. The SMILES string of the molecule is COc1cccc2c1OCC(C(=O)Nc1csc3nc(=O)c(C)nn13)C2. The van der Waals surface area contributed by atoms with Crippen LogP contribution < -0.4 is 20.3 Å². The normalized spacial score (nSPS) is 16.0. The third kappa shape index (κ3) is 2.80. The van der Waals surface area contributed by atoms with E-state index in [9.17, 15) is 9.59 Å². The molecule has 1 amide bonds. The zero-order valence-electron chi connectivity index (χ0n) is 14.2. The minimum Gasteiger partial charge on any atom is -0.493 e. The lowest BCUT2D eigenvalue weighted by atomic mass is 9.95. The van der Waals surface area contributed by atoms with Crippen LogP contribution in [0, 0.1) is 12.8 Å². The van der Waals surface area contributed by atoms with E-state index in [1.807, 2.05) is 18.2 Å². The Morgan fingerprint density at radius 3 is 3.12 bits per heavy atom. The van der Waals surface area contributed by atoms with Crippen LogP contribution in [0.4, 0.5) is 5.82 Å². The number of hydrogen-bond acceptors (Lipinski definition) is 7. The quantitative estimate of drug-likeness (QED) is 0.751. The number of anilines is 1. The molecule has 0 spiro atoms. The van der Waals surface area contributed by atoms with Crippen molar-refractivity contribution in [2.24, 2.45) is 5.92 Å². The van der Waals surface area contributed by atoms with Gasteiger partial charge in [0, 0.05) is 5.38 Å². The molecule has 3 aromatic rings. The van der Waals surface area contributed by atoms with Crippen molar-refractivity contribution in [1.29, 1.82) is 0 Å². The molecule has 1 aliphatic rings. The molecule has 9 heteroatoms. The first-order chi connectivity index (χ1) is 12.6. The number of thiazole rings is 1. The number of fused-ring (bicyclic) bond motifs is 2. The molecule has 1 aromatic carbocycles. The van der Waals surface area contributed by atoms with Gasteiger partial charge in [-0.15, -0.1) is 11.3 Å². The van der Waals surface area contributed by atoms with Crippen LogP contribution in [0.2, 0.25) is 0 Å². The average Bonchev–Trinajstić information content (AvgIpc) is 3.02. The van der Waals surface area contributed by atoms with Gasteiger partial charge in [0.15, 0.2) is 11.5 Å². The molecule has 1 atom stereocenters. The second-order valence-corrected chi connectivity index (χ2v) is 6.80. The largest absolute Gasteiger partial charge is 0.493 e. The van der Waals surface area contributed by atoms with Gasteiger partial charge in [-0.2, -0.15) is 14.6 Å². The van der Waals surface area contributed by atoms with E-state index in [-0.39, 0.29) is 29.7 Å². The predicted octanol–water partition coefficient (Wildman–Crippen LogP) is 1.66. The molecule has 134 valence electrons. The number of hydrogen-bond donors (Lipinski definition) is 1. The van der Waals surface area contributed by atoms with Crippen LogP contribution >= 0.6 is 11.3 Å². The number of amides is 1. The molecule has 0 bridgehead atoms. The lowest BCUT2D eigenvalue weighted by Crippen LogP contribution is -2.33. The molecule has 1 N–H and O–H groups in total. The second kappa shape index (κ2) is 6.41. The molecule has 26 heavy (non-hydrogen) atoms. The summed E-state index contributed by atoms with van der Waals surface area (Å²) >= 11 is 1.25. The predicted molar refractivity (Wildman–Crippen MR) is 96.2 cm³/mol. The van der Waals surface area contributed by atoms with Crippen molar-refractivity contribution in [3.8, 4) is 11.5 Å². The van der Waals surface area contributed by atoms with Gasteiger partial charge in [0.25, 0.3) is 5.56 Å². The minimum atomic E-state index is -0.365. The highest BCUT2D eigenvalue weighted by molar-refractivity contribution is 7.15. The molecule has 4 rings (SSSR count). The molecule has 0 aliphatic carbocycles. The Morgan fingerprint density at radius 1 is 1.46 bits per heavy atom. The van der Waals surface area contributed by atoms with E-state index in [2.05, 4.69) is 15.4 Å². The van der Waals surface area contributed by atoms with Crippen molar-refractivity contribution >= 4 is 28.0 Å². The summed E-state index contributed by atoms with van der Waals surface area (Å²) < 4.78 is 12.5. The number of rotatable bonds is 3. The number of methoxy groups -OCH3 is 1. The Bertz CT molecular complexity index is 1060. The summed E-state index contributed by atoms with van der Waals surface area (Å²) in [6, 6.07) is 5.64. The van der Waals surface area contributed by atoms with Crippen molar-refractivity contribution in [1.82, 2.24) is 14.6 Å². The van der Waals surface area contributed by atoms with Gasteiger partial charge in [-0.05, 0) is 25.0 Å². The highest BCUT2D eigenvalue weighted by Gasteiger charge is 2.28. The molecule has 8 nitrogen and oxygen atoms in total. The van der Waals surface area contributed by atoms with E-state index in [0.29, 0.717) is 28.7 Å². The Morgan fingerprint density at radius 2 is 2.31 bits per heavy atom. The van der Waals surface area contributed by atoms with Crippen LogP contribution in [0.15, 0.2) is 28.4 Å². The van der Waals surface area contributed by atoms with Gasteiger partial charge in [0.2, 0.25) is 10.9 Å². The van der Waals surface area contributed by atoms with Crippen LogP contribution in [0.5, 0.6) is 11.5 Å². The molecule has 1 aliphatic heterocycles. The van der Waals surface area contributed by atoms with Crippen LogP contribution in [0.3, 0.4) is 0 Å². The lowest BCUT2D eigenvalue weighted by molar-refractivity contribution is -0.121. The summed E-state index contributed by atoms with van der Waals surface area (Å²) in [7, 11) is 1.59. The number of nitrogens with one attached hydrogen (secondary N) is 1. The Balaban J connectivity index is 1.56. The fraction of sp³-hybridized carbons (Fsp3) is 0.294. The molecule has 0 fully saturated rings. The summed E-state index contributed by atoms with van der Waals surface area (Å²) in [5.41, 5.74) is 0.847. The summed E-state index contributed by atoms with van der Waals surface area (Å²) in [5, 5.41) is 8.76. The van der Waals surface area contributed by atoms with Gasteiger partial charge in [-0.3, -0.25) is 9.59 Å². The number of para-hydroxylation sites is 1. The average molecular weight is 372 g/mol. The summed E-state index contributed by atoms with van der Waals surface area (Å²) in [6.07, 6.45) is 0.556. The Kier molecular flexibility index (Phi) is 4.08. The van der Waals surface area contributed by atoms with E-state index in [1.165, 1.54) is 15.9 Å². The van der Waals surface area contributed by atoms with Crippen LogP contribution in [0.25, 0.3) is 4.96 Å². The third-order valence-corrected chi connectivity index (χ3v) is 5.06. The van der Waals surface area contributed by atoms with E-state index < -0.39 is 0 Å². The number of carbonyl (C=O) groups excluding carboxylic acids is 1. The number of aryl methyl sites for hydroxylation is 1. The van der Waals surface area contributed by atoms with Gasteiger partial charge in [-0.1, -0.05) is 12.1 Å². The molecule has 0 saturated carbocycles. The monoisotopic (exact) mass is 372 g/mol. The second-order valence-electron chi connectivity index (χ2n) is 5.97. The van der Waals surface area contributed by atoms with Crippen molar-refractivity contribution in [3.63, 3.8) is 0 Å². The van der Waals surface area contributed by atoms with E-state index in [1.54, 1.807) is 19.4 Å². The topological polar surface area (TPSA) is 94.8 Å². The smallest absolute Gasteiger partial charge is 0.295 e. The highest BCUT2D eigenvalue weighted by atomic mass is 32.1. The van der Waals surface area contributed by atoms with Crippen molar-refractivity contribution < 1.29 is 14.3 Å². The van der Waals surface area contributed by atoms with Gasteiger partial charge in [-0.25, -0.2) is 0 Å². The maximum absolute atomic E-state index is 12.7. The van der Waals surface area contributed by atoms with Crippen molar-refractivity contribution in [2.45, 2.75) is 13.3 Å². The fourth-order valence-corrected chi connectivity index (χ4v) is 3.63. The first kappa shape index (κ1) is 16.5. The zero-order valence-corrected chi connectivity index (χ0v) is 15.0. The lowest BCUT2D eigenvalue weighted by Gasteiger charge is -2.25. The molecular formula is C17H16N4O4S. The molecular weight excluding hydrogens is 356 g/mol. The Hall–Kier alpha value is -2.94. The van der Waals surface area contributed by atoms with Gasteiger partial charge in [0.05, 0.1) is 13.0 Å². The molecule has 3 heterocycles. The standard InChI is InChI=1S/C17H16N4O4S/c1-9-15(22)19-17-21(20-9)13(8-26-17)18-16(23)11-6-10-4-3-5-12(24-2)14(10)25-7-11/h3-5,8,11H,6-7H2,1-2H3,(H,18,23). The van der Waals surface area contributed by atoms with Gasteiger partial charge >= 0.3 is 0 Å². The van der Waals surface area contributed by atoms with Crippen LogP contribution in [0.1, 0.15) is 11.3 Å². The number of benzene rings is 1. The van der Waals surface area contributed by atoms with Crippen molar-refractivity contribution in [2.75, 3.05) is 19.0 Å². The van der Waals surface area contributed by atoms with Crippen LogP contribution in [-0.2, 0) is 11.2 Å². The number of aromatic nitrogens is 3. The minimum absolute atomic E-state index is 0.170. The first-order valence-electron chi connectivity index (χ1n) is 8.01. The van der Waals surface area contributed by atoms with E-state index >= 15 is 0 Å². The molecule has 2 aromatic heterocycles. The molecule has 0 radical (unpaired) electrons. The van der Waals surface area contributed by atoms with E-state index in [4.69, 9.17) is 9.47 Å². The summed E-state index contributed by atoms with van der Waals surface area (Å²) in [6.45, 7) is 1.85. The number of carbonyl (C=O) groups is 1.